The Morgan fingerprint density at radius 2 is 1.10 bits per heavy atom. The Labute approximate surface area is 174 Å². The molecule has 4 nitrogen and oxygen atoms in total. The lowest BCUT2D eigenvalue weighted by Crippen LogP contribution is -2.11. The van der Waals surface area contributed by atoms with Crippen LogP contribution in [0.5, 0.6) is 0 Å². The summed E-state index contributed by atoms with van der Waals surface area (Å²) in [6.45, 7) is 0. The van der Waals surface area contributed by atoms with E-state index in [0.717, 1.165) is 22.7 Å². The summed E-state index contributed by atoms with van der Waals surface area (Å²) in [7, 11) is 0. The molecule has 144 valence electrons. The highest BCUT2D eigenvalue weighted by Crippen LogP contribution is 2.36. The largest absolute Gasteiger partial charge is 0.437 e. The molecule has 0 radical (unpaired) electrons. The number of allylic oxidation sites excluding steroid dienone is 18. The van der Waals surface area contributed by atoms with Crippen molar-refractivity contribution >= 4 is 0 Å². The summed E-state index contributed by atoms with van der Waals surface area (Å²) >= 11 is 0. The minimum atomic E-state index is 0.242. The third kappa shape index (κ3) is 3.03. The van der Waals surface area contributed by atoms with Gasteiger partial charge < -0.3 is 9.47 Å². The van der Waals surface area contributed by atoms with Gasteiger partial charge in [0.1, 0.15) is 11.5 Å². The Morgan fingerprint density at radius 3 is 1.60 bits per heavy atom. The maximum Gasteiger partial charge on any atom is 0.238 e. The van der Waals surface area contributed by atoms with E-state index >= 15 is 0 Å². The van der Waals surface area contributed by atoms with E-state index in [1.54, 1.807) is 0 Å². The summed E-state index contributed by atoms with van der Waals surface area (Å²) in [6.07, 6.45) is 33.0. The Morgan fingerprint density at radius 1 is 0.600 bits per heavy atom. The fourth-order valence-electron chi connectivity index (χ4n) is 4.03. The van der Waals surface area contributed by atoms with Crippen LogP contribution >= 0.6 is 0 Å². The van der Waals surface area contributed by atoms with Gasteiger partial charge in [0.25, 0.3) is 0 Å². The van der Waals surface area contributed by atoms with E-state index < -0.39 is 0 Å². The van der Waals surface area contributed by atoms with E-state index in [4.69, 9.17) is 9.47 Å². The van der Waals surface area contributed by atoms with E-state index in [1.807, 2.05) is 24.3 Å². The molecule has 0 saturated heterocycles. The number of hydrogen-bond acceptors (Lipinski definition) is 4. The third-order valence-electron chi connectivity index (χ3n) is 5.57. The second-order valence-electron chi connectivity index (χ2n) is 7.55. The van der Waals surface area contributed by atoms with Crippen molar-refractivity contribution < 1.29 is 9.47 Å². The van der Waals surface area contributed by atoms with Gasteiger partial charge >= 0.3 is 0 Å². The second-order valence-corrected chi connectivity index (χ2v) is 7.55. The van der Waals surface area contributed by atoms with Gasteiger partial charge in [-0.25, -0.2) is 0 Å². The normalized spacial score (nSPS) is 27.5. The average Bonchev–Trinajstić information content (AvgIpc) is 2.79. The zero-order valence-electron chi connectivity index (χ0n) is 16.1. The van der Waals surface area contributed by atoms with Crippen LogP contribution in [0.3, 0.4) is 0 Å². The number of fused-ring (bicyclic) bond motifs is 4. The molecule has 2 atom stereocenters. The van der Waals surface area contributed by atoms with E-state index in [1.165, 1.54) is 11.1 Å². The Kier molecular flexibility index (Phi) is 3.88. The molecule has 6 aliphatic rings. The van der Waals surface area contributed by atoms with Gasteiger partial charge in [-0.3, -0.25) is 0 Å². The van der Waals surface area contributed by atoms with Crippen molar-refractivity contribution in [2.45, 2.75) is 0 Å². The fourth-order valence-corrected chi connectivity index (χ4v) is 4.03. The number of azo groups is 1. The first-order chi connectivity index (χ1) is 14.8. The van der Waals surface area contributed by atoms with Crippen molar-refractivity contribution in [3.63, 3.8) is 0 Å². The molecule has 30 heavy (non-hydrogen) atoms. The molecule has 0 fully saturated rings. The van der Waals surface area contributed by atoms with Crippen LogP contribution < -0.4 is 0 Å². The maximum absolute atomic E-state index is 5.96. The van der Waals surface area contributed by atoms with Crippen LogP contribution in [0.25, 0.3) is 0 Å². The van der Waals surface area contributed by atoms with Gasteiger partial charge in [0.2, 0.25) is 11.8 Å². The standard InChI is InChI=1S/C26H18N2O2/c1-3-7-19-15-23-21(13-17(19)5-1)9-11-25(29-23)27-28-26-12-10-22-14-18-6-2-4-8-20(18)16-24(22)30-26/h1-16,19-20H. The predicted octanol–water partition coefficient (Wildman–Crippen LogP) is 6.17. The number of ether oxygens (including phenoxy) is 2. The highest BCUT2D eigenvalue weighted by atomic mass is 16.5. The van der Waals surface area contributed by atoms with Crippen molar-refractivity contribution in [2.24, 2.45) is 22.1 Å². The Balaban J connectivity index is 1.22. The first kappa shape index (κ1) is 17.0. The van der Waals surface area contributed by atoms with Gasteiger partial charge in [0.05, 0.1) is 0 Å². The van der Waals surface area contributed by atoms with Crippen LogP contribution in [0.1, 0.15) is 0 Å². The molecule has 2 aliphatic heterocycles. The van der Waals surface area contributed by atoms with Crippen molar-refractivity contribution in [3.8, 4) is 0 Å². The minimum Gasteiger partial charge on any atom is -0.437 e. The minimum absolute atomic E-state index is 0.242. The third-order valence-corrected chi connectivity index (χ3v) is 5.57. The van der Waals surface area contributed by atoms with E-state index in [-0.39, 0.29) is 11.8 Å². The van der Waals surface area contributed by atoms with Crippen LogP contribution in [0.4, 0.5) is 0 Å². The lowest BCUT2D eigenvalue weighted by Gasteiger charge is -2.24. The monoisotopic (exact) mass is 390 g/mol. The summed E-state index contributed by atoms with van der Waals surface area (Å²) < 4.78 is 11.9. The van der Waals surface area contributed by atoms with Gasteiger partial charge in [0.15, 0.2) is 0 Å². The maximum atomic E-state index is 5.96. The summed E-state index contributed by atoms with van der Waals surface area (Å²) in [6, 6.07) is 0. The molecule has 0 bridgehead atoms. The molecule has 2 heterocycles. The zero-order valence-corrected chi connectivity index (χ0v) is 16.1. The molecule has 0 aromatic heterocycles. The van der Waals surface area contributed by atoms with Crippen LogP contribution in [0.15, 0.2) is 153 Å². The molecule has 0 saturated carbocycles. The highest BCUT2D eigenvalue weighted by Gasteiger charge is 2.23. The van der Waals surface area contributed by atoms with Crippen molar-refractivity contribution in [1.82, 2.24) is 0 Å². The lowest BCUT2D eigenvalue weighted by atomic mass is 9.87. The molecule has 0 amide bonds. The summed E-state index contributed by atoms with van der Waals surface area (Å²) in [5.41, 5.74) is 4.62. The Bertz CT molecular complexity index is 1140. The van der Waals surface area contributed by atoms with E-state index in [2.05, 4.69) is 83.1 Å². The summed E-state index contributed by atoms with van der Waals surface area (Å²) in [5, 5.41) is 8.51. The average molecular weight is 390 g/mol. The molecule has 4 aliphatic carbocycles. The SMILES string of the molecule is C1=CC2=CC3=CC=C(N=NC4=CC=C5C=C6C=CC=CC6C=C5O4)OC3=CC2C=C1. The molecule has 0 aromatic rings. The van der Waals surface area contributed by atoms with E-state index in [9.17, 15) is 0 Å². The van der Waals surface area contributed by atoms with Crippen LogP contribution in [0, 0.1) is 11.8 Å². The molecular weight excluding hydrogens is 372 g/mol. The molecule has 0 spiro atoms. The first-order valence-corrected chi connectivity index (χ1v) is 10.0. The van der Waals surface area contributed by atoms with Gasteiger partial charge in [0, 0.05) is 35.1 Å². The lowest BCUT2D eigenvalue weighted by molar-refractivity contribution is 0.281. The number of nitrogens with zero attached hydrogens (tertiary/aromatic N) is 2. The molecular formula is C26H18N2O2. The van der Waals surface area contributed by atoms with Gasteiger partial charge in [-0.15, -0.1) is 10.2 Å². The first-order valence-electron chi connectivity index (χ1n) is 10.0. The van der Waals surface area contributed by atoms with Gasteiger partial charge in [-0.2, -0.15) is 0 Å². The Hall–Kier alpha value is -3.92. The van der Waals surface area contributed by atoms with E-state index in [0.29, 0.717) is 11.8 Å². The number of rotatable bonds is 2. The molecule has 0 N–H and O–H groups in total. The van der Waals surface area contributed by atoms with Gasteiger partial charge in [-0.1, -0.05) is 48.6 Å². The van der Waals surface area contributed by atoms with Crippen LogP contribution in [-0.2, 0) is 9.47 Å². The topological polar surface area (TPSA) is 43.2 Å². The molecule has 0 aromatic carbocycles. The fraction of sp³-hybridized carbons (Fsp3) is 0.0769. The summed E-state index contributed by atoms with van der Waals surface area (Å²) in [4.78, 5) is 0. The quantitative estimate of drug-likeness (QED) is 0.530. The van der Waals surface area contributed by atoms with Gasteiger partial charge in [-0.05, 0) is 47.6 Å². The summed E-state index contributed by atoms with van der Waals surface area (Å²) in [5.74, 6) is 2.99. The zero-order chi connectivity index (χ0) is 19.9. The second kappa shape index (κ2) is 6.85. The molecule has 6 rings (SSSR count). The van der Waals surface area contributed by atoms with Crippen molar-refractivity contribution in [1.29, 1.82) is 0 Å². The predicted molar refractivity (Wildman–Crippen MR) is 115 cm³/mol. The van der Waals surface area contributed by atoms with Crippen LogP contribution in [-0.4, -0.2) is 0 Å². The number of hydrogen-bond donors (Lipinski definition) is 0. The highest BCUT2D eigenvalue weighted by molar-refractivity contribution is 5.55. The smallest absolute Gasteiger partial charge is 0.238 e. The van der Waals surface area contributed by atoms with Crippen molar-refractivity contribution in [3.05, 3.63) is 143 Å². The van der Waals surface area contributed by atoms with Crippen LogP contribution in [0.2, 0.25) is 0 Å². The molecule has 2 unspecified atom stereocenters. The molecule has 4 heteroatoms. The van der Waals surface area contributed by atoms with Crippen molar-refractivity contribution in [2.75, 3.05) is 0 Å².